The molecule has 4 rings (SSSR count). The van der Waals surface area contributed by atoms with Crippen molar-refractivity contribution >= 4 is 33.6 Å². The van der Waals surface area contributed by atoms with Gasteiger partial charge in [0.1, 0.15) is 33.0 Å². The summed E-state index contributed by atoms with van der Waals surface area (Å²) in [5, 5.41) is 0. The highest BCUT2D eigenvalue weighted by molar-refractivity contribution is 7.89. The number of pyridine rings is 1. The molecule has 0 fully saturated rings. The highest BCUT2D eigenvalue weighted by Crippen LogP contribution is 2.42. The fourth-order valence-electron chi connectivity index (χ4n) is 4.80. The largest absolute Gasteiger partial charge is 0.488 e. The third-order valence-corrected chi connectivity index (χ3v) is 10.0. The Hall–Kier alpha value is -3.15. The maximum absolute atomic E-state index is 14.7. The normalized spacial score (nSPS) is 17.9. The van der Waals surface area contributed by atoms with Gasteiger partial charge in [-0.15, -0.1) is 11.3 Å². The molecule has 0 aliphatic carbocycles. The maximum atomic E-state index is 14.7. The summed E-state index contributed by atoms with van der Waals surface area (Å²) in [7, 11) is -3.92. The molecule has 0 saturated carbocycles. The second kappa shape index (κ2) is 11.1. The molecular formula is C28H31FN2O6S2. The molecule has 0 radical (unpaired) electrons. The number of benzene rings is 1. The molecule has 8 nitrogen and oxygen atoms in total. The zero-order valence-electron chi connectivity index (χ0n) is 22.4. The van der Waals surface area contributed by atoms with E-state index in [1.54, 1.807) is 19.9 Å². The minimum atomic E-state index is -3.92. The molecule has 0 bridgehead atoms. The van der Waals surface area contributed by atoms with Crippen molar-refractivity contribution in [3.05, 3.63) is 75.0 Å². The average molecular weight is 575 g/mol. The highest BCUT2D eigenvalue weighted by atomic mass is 32.2. The number of thiophene rings is 1. The fourth-order valence-corrected chi connectivity index (χ4v) is 7.55. The minimum absolute atomic E-state index is 0.00206. The number of nitrogens with zero attached hydrogens (tertiary/aromatic N) is 2. The Bertz CT molecular complexity index is 1500. The summed E-state index contributed by atoms with van der Waals surface area (Å²) < 4.78 is 54.8. The standard InChI is InChI=1S/C28H31FN2O6S2/c1-6-21-15-31(39(34,35)25-13-30-10-9-23(25)37-21)14-20-11-19(8-7-17(20)2)26(28(4,5)36-16-32)24-12-22(29)27(38-24)18(3)33/h7-13,16,21,26H,6,14-15H2,1-5H3/t21-,26?/m1/s1. The topological polar surface area (TPSA) is 103 Å². The number of carbonyl (C=O) groups is 2. The maximum Gasteiger partial charge on any atom is 0.293 e. The minimum Gasteiger partial charge on any atom is -0.488 e. The summed E-state index contributed by atoms with van der Waals surface area (Å²) in [6, 6.07) is 8.41. The summed E-state index contributed by atoms with van der Waals surface area (Å²) in [6.45, 7) is 9.10. The number of hydrogen-bond acceptors (Lipinski definition) is 8. The second-order valence-corrected chi connectivity index (χ2v) is 13.1. The molecular weight excluding hydrogens is 543 g/mol. The van der Waals surface area contributed by atoms with Gasteiger partial charge in [-0.1, -0.05) is 25.1 Å². The van der Waals surface area contributed by atoms with Crippen molar-refractivity contribution in [2.75, 3.05) is 6.54 Å². The Morgan fingerprint density at radius 3 is 2.72 bits per heavy atom. The molecule has 11 heteroatoms. The summed E-state index contributed by atoms with van der Waals surface area (Å²) >= 11 is 1.02. The Kier molecular flexibility index (Phi) is 8.25. The molecule has 1 aliphatic heterocycles. The molecule has 0 saturated heterocycles. The summed E-state index contributed by atoms with van der Waals surface area (Å²) in [5.74, 6) is -1.36. The molecule has 208 valence electrons. The molecule has 0 N–H and O–H groups in total. The lowest BCUT2D eigenvalue weighted by Crippen LogP contribution is -2.36. The van der Waals surface area contributed by atoms with Crippen molar-refractivity contribution in [2.24, 2.45) is 0 Å². The number of fused-ring (bicyclic) bond motifs is 1. The van der Waals surface area contributed by atoms with Crippen LogP contribution in [0.2, 0.25) is 0 Å². The fraction of sp³-hybridized carbons (Fsp3) is 0.393. The highest BCUT2D eigenvalue weighted by Gasteiger charge is 2.38. The van der Waals surface area contributed by atoms with Gasteiger partial charge in [-0.05, 0) is 56.0 Å². The zero-order chi connectivity index (χ0) is 28.5. The van der Waals surface area contributed by atoms with Crippen LogP contribution in [0.3, 0.4) is 0 Å². The van der Waals surface area contributed by atoms with Gasteiger partial charge in [0.25, 0.3) is 6.47 Å². The van der Waals surface area contributed by atoms with Crippen LogP contribution in [-0.4, -0.2) is 48.2 Å². The van der Waals surface area contributed by atoms with Gasteiger partial charge >= 0.3 is 0 Å². The number of sulfonamides is 1. The van der Waals surface area contributed by atoms with Crippen molar-refractivity contribution in [3.8, 4) is 5.75 Å². The van der Waals surface area contributed by atoms with E-state index in [1.807, 2.05) is 32.0 Å². The van der Waals surface area contributed by atoms with Gasteiger partial charge in [-0.2, -0.15) is 4.31 Å². The Morgan fingerprint density at radius 1 is 1.33 bits per heavy atom. The first-order valence-corrected chi connectivity index (χ1v) is 14.8. The van der Waals surface area contributed by atoms with E-state index in [1.165, 1.54) is 29.7 Å². The molecule has 1 aromatic carbocycles. The molecule has 0 amide bonds. The molecule has 1 aliphatic rings. The van der Waals surface area contributed by atoms with Crippen LogP contribution in [0.4, 0.5) is 4.39 Å². The molecule has 2 atom stereocenters. The van der Waals surface area contributed by atoms with Crippen molar-refractivity contribution in [3.63, 3.8) is 0 Å². The van der Waals surface area contributed by atoms with Crippen LogP contribution in [0.25, 0.3) is 0 Å². The van der Waals surface area contributed by atoms with Crippen molar-refractivity contribution in [2.45, 2.75) is 70.1 Å². The lowest BCUT2D eigenvalue weighted by atomic mass is 9.82. The molecule has 39 heavy (non-hydrogen) atoms. The van der Waals surface area contributed by atoms with E-state index in [9.17, 15) is 22.4 Å². The molecule has 3 heterocycles. The van der Waals surface area contributed by atoms with E-state index in [2.05, 4.69) is 4.98 Å². The van der Waals surface area contributed by atoms with Gasteiger partial charge in [-0.3, -0.25) is 14.6 Å². The predicted octanol–water partition coefficient (Wildman–Crippen LogP) is 5.24. The van der Waals surface area contributed by atoms with E-state index in [0.29, 0.717) is 23.3 Å². The van der Waals surface area contributed by atoms with Crippen LogP contribution in [-0.2, 0) is 26.1 Å². The number of rotatable bonds is 9. The van der Waals surface area contributed by atoms with E-state index < -0.39 is 33.1 Å². The van der Waals surface area contributed by atoms with Gasteiger partial charge in [0.15, 0.2) is 5.78 Å². The third kappa shape index (κ3) is 5.75. The van der Waals surface area contributed by atoms with Crippen molar-refractivity contribution in [1.29, 1.82) is 0 Å². The number of halogens is 1. The zero-order valence-corrected chi connectivity index (χ0v) is 24.1. The number of ether oxygens (including phenoxy) is 2. The van der Waals surface area contributed by atoms with E-state index in [4.69, 9.17) is 9.47 Å². The first kappa shape index (κ1) is 28.8. The molecule has 3 aromatic rings. The third-order valence-electron chi connectivity index (χ3n) is 6.93. The van der Waals surface area contributed by atoms with E-state index in [0.717, 1.165) is 22.5 Å². The first-order chi connectivity index (χ1) is 18.4. The molecule has 1 unspecified atom stereocenters. The average Bonchev–Trinajstić information content (AvgIpc) is 3.21. The van der Waals surface area contributed by atoms with Crippen LogP contribution in [0, 0.1) is 12.7 Å². The van der Waals surface area contributed by atoms with Gasteiger partial charge < -0.3 is 9.47 Å². The van der Waals surface area contributed by atoms with Crippen LogP contribution in [0.1, 0.15) is 71.3 Å². The monoisotopic (exact) mass is 574 g/mol. The van der Waals surface area contributed by atoms with Crippen LogP contribution >= 0.6 is 11.3 Å². The number of carbonyl (C=O) groups excluding carboxylic acids is 2. The Balaban J connectivity index is 1.79. The van der Waals surface area contributed by atoms with Gasteiger partial charge in [0.05, 0.1) is 18.7 Å². The molecule has 2 aromatic heterocycles. The van der Waals surface area contributed by atoms with Crippen LogP contribution in [0.15, 0.2) is 47.6 Å². The summed E-state index contributed by atoms with van der Waals surface area (Å²) in [5.41, 5.74) is 1.18. The van der Waals surface area contributed by atoms with E-state index in [-0.39, 0.29) is 34.7 Å². The lowest BCUT2D eigenvalue weighted by molar-refractivity contribution is -0.141. The summed E-state index contributed by atoms with van der Waals surface area (Å²) in [4.78, 5) is 27.9. The van der Waals surface area contributed by atoms with Gasteiger partial charge in [0.2, 0.25) is 10.0 Å². The lowest BCUT2D eigenvalue weighted by Gasteiger charge is -2.33. The smallest absolute Gasteiger partial charge is 0.293 e. The van der Waals surface area contributed by atoms with Crippen LogP contribution < -0.4 is 4.74 Å². The number of hydrogen-bond donors (Lipinski definition) is 0. The predicted molar refractivity (Wildman–Crippen MR) is 145 cm³/mol. The number of Topliss-reactive ketones (excluding diaryl/α,β-unsaturated/α-hetero) is 1. The Labute approximate surface area is 231 Å². The van der Waals surface area contributed by atoms with Crippen molar-refractivity contribution in [1.82, 2.24) is 9.29 Å². The quantitative estimate of drug-likeness (QED) is 0.254. The second-order valence-electron chi connectivity index (χ2n) is 10.1. The van der Waals surface area contributed by atoms with E-state index >= 15 is 0 Å². The SMILES string of the molecule is CC[C@@H]1CN(Cc2cc(C(c3cc(F)c(C(C)=O)s3)C(C)(C)OC=O)ccc2C)S(=O)(=O)c2cnccc2O1. The van der Waals surface area contributed by atoms with Gasteiger partial charge in [-0.25, -0.2) is 12.8 Å². The first-order valence-electron chi connectivity index (χ1n) is 12.5. The number of aryl methyl sites for hydroxylation is 1. The molecule has 0 spiro atoms. The number of ketones is 1. The summed E-state index contributed by atoms with van der Waals surface area (Å²) in [6.07, 6.45) is 3.05. The Morgan fingerprint density at radius 2 is 2.08 bits per heavy atom. The number of aromatic nitrogens is 1. The van der Waals surface area contributed by atoms with Crippen molar-refractivity contribution < 1.29 is 31.9 Å². The van der Waals surface area contributed by atoms with Crippen LogP contribution in [0.5, 0.6) is 5.75 Å². The van der Waals surface area contributed by atoms with Gasteiger partial charge in [0, 0.05) is 24.5 Å².